The van der Waals surface area contributed by atoms with E-state index in [1.54, 1.807) is 0 Å². The van der Waals surface area contributed by atoms with Gasteiger partial charge in [-0.05, 0) is 42.0 Å². The average molecular weight is 370 g/mol. The zero-order valence-electron chi connectivity index (χ0n) is 15.8. The van der Waals surface area contributed by atoms with Crippen molar-refractivity contribution in [2.24, 2.45) is 0 Å². The van der Waals surface area contributed by atoms with Crippen LogP contribution >= 0.6 is 0 Å². The number of hydrogen-bond donors (Lipinski definition) is 0. The van der Waals surface area contributed by atoms with E-state index >= 15 is 0 Å². The number of aromatic nitrogens is 2. The zero-order valence-corrected chi connectivity index (χ0v) is 15.8. The second kappa shape index (κ2) is 6.32. The largest absolute Gasteiger partial charge is 0.309 e. The van der Waals surface area contributed by atoms with E-state index in [9.17, 15) is 0 Å². The third kappa shape index (κ3) is 2.54. The minimum absolute atomic E-state index is 1.03. The first kappa shape index (κ1) is 16.1. The summed E-state index contributed by atoms with van der Waals surface area (Å²) in [5.41, 5.74) is 6.96. The number of para-hydroxylation sites is 3. The lowest BCUT2D eigenvalue weighted by molar-refractivity contribution is 1.18. The van der Waals surface area contributed by atoms with Crippen LogP contribution in [0.15, 0.2) is 109 Å². The molecule has 0 radical (unpaired) electrons. The van der Waals surface area contributed by atoms with Gasteiger partial charge in [0.25, 0.3) is 0 Å². The number of fused-ring (bicyclic) bond motifs is 4. The summed E-state index contributed by atoms with van der Waals surface area (Å²) in [7, 11) is 0. The van der Waals surface area contributed by atoms with Crippen molar-refractivity contribution in [1.29, 1.82) is 0 Å². The van der Waals surface area contributed by atoms with Crippen LogP contribution in [0.1, 0.15) is 0 Å². The lowest BCUT2D eigenvalue weighted by Gasteiger charge is -2.09. The molecule has 4 aromatic carbocycles. The molecule has 0 amide bonds. The minimum Gasteiger partial charge on any atom is -0.309 e. The third-order valence-corrected chi connectivity index (χ3v) is 5.63. The Morgan fingerprint density at radius 3 is 1.90 bits per heavy atom. The molecule has 0 spiro atoms. The first-order chi connectivity index (χ1) is 14.4. The molecule has 0 saturated heterocycles. The maximum absolute atomic E-state index is 4.61. The Hall–Kier alpha value is -3.91. The molecular formula is C27H18N2. The highest BCUT2D eigenvalue weighted by Crippen LogP contribution is 2.32. The Morgan fingerprint density at radius 2 is 1.17 bits per heavy atom. The lowest BCUT2D eigenvalue weighted by atomic mass is 10.0. The number of pyridine rings is 1. The van der Waals surface area contributed by atoms with Crippen LogP contribution in [0.2, 0.25) is 0 Å². The predicted octanol–water partition coefficient (Wildman–Crippen LogP) is 7.00. The molecule has 0 bridgehead atoms. The lowest BCUT2D eigenvalue weighted by Crippen LogP contribution is -1.93. The molecule has 0 fully saturated rings. The fourth-order valence-electron chi connectivity index (χ4n) is 4.23. The highest BCUT2D eigenvalue weighted by Gasteiger charge is 2.11. The number of hydrogen-bond acceptors (Lipinski definition) is 1. The second-order valence-corrected chi connectivity index (χ2v) is 7.33. The molecule has 29 heavy (non-hydrogen) atoms. The van der Waals surface area contributed by atoms with Crippen LogP contribution in [-0.4, -0.2) is 9.55 Å². The third-order valence-electron chi connectivity index (χ3n) is 5.63. The molecule has 2 heterocycles. The second-order valence-electron chi connectivity index (χ2n) is 7.33. The monoisotopic (exact) mass is 370 g/mol. The van der Waals surface area contributed by atoms with Gasteiger partial charge in [-0.3, -0.25) is 4.98 Å². The first-order valence-electron chi connectivity index (χ1n) is 9.82. The molecule has 2 nitrogen and oxygen atoms in total. The van der Waals surface area contributed by atoms with Gasteiger partial charge in [-0.2, -0.15) is 0 Å². The van der Waals surface area contributed by atoms with E-state index in [0.29, 0.717) is 0 Å². The fraction of sp³-hybridized carbons (Fsp3) is 0. The summed E-state index contributed by atoms with van der Waals surface area (Å²) >= 11 is 0. The van der Waals surface area contributed by atoms with Crippen LogP contribution in [0.25, 0.3) is 49.5 Å². The van der Waals surface area contributed by atoms with Crippen LogP contribution < -0.4 is 0 Å². The summed E-state index contributed by atoms with van der Waals surface area (Å²) in [5.74, 6) is 0. The predicted molar refractivity (Wildman–Crippen MR) is 122 cm³/mol. The van der Waals surface area contributed by atoms with Crippen molar-refractivity contribution in [2.75, 3.05) is 0 Å². The van der Waals surface area contributed by atoms with Gasteiger partial charge in [-0.1, -0.05) is 66.7 Å². The Labute approximate surface area is 168 Å². The van der Waals surface area contributed by atoms with Crippen molar-refractivity contribution in [3.05, 3.63) is 109 Å². The molecular weight excluding hydrogens is 352 g/mol. The number of rotatable bonds is 2. The van der Waals surface area contributed by atoms with Crippen molar-refractivity contribution in [2.45, 2.75) is 0 Å². The van der Waals surface area contributed by atoms with Gasteiger partial charge >= 0.3 is 0 Å². The summed E-state index contributed by atoms with van der Waals surface area (Å²) in [4.78, 5) is 4.61. The Morgan fingerprint density at radius 1 is 0.552 bits per heavy atom. The molecule has 0 saturated carbocycles. The molecule has 0 atom stereocenters. The van der Waals surface area contributed by atoms with Gasteiger partial charge in [-0.15, -0.1) is 0 Å². The van der Waals surface area contributed by atoms with E-state index in [1.807, 2.05) is 18.3 Å². The van der Waals surface area contributed by atoms with Gasteiger partial charge < -0.3 is 4.57 Å². The van der Waals surface area contributed by atoms with Crippen molar-refractivity contribution >= 4 is 32.7 Å². The van der Waals surface area contributed by atoms with Gasteiger partial charge in [0.15, 0.2) is 0 Å². The Balaban J connectivity index is 1.50. The maximum atomic E-state index is 4.61. The topological polar surface area (TPSA) is 17.8 Å². The van der Waals surface area contributed by atoms with E-state index in [0.717, 1.165) is 16.5 Å². The van der Waals surface area contributed by atoms with Gasteiger partial charge in [-0.25, -0.2) is 0 Å². The van der Waals surface area contributed by atoms with Crippen LogP contribution in [0.4, 0.5) is 0 Å². The average Bonchev–Trinajstić information content (AvgIpc) is 3.13. The first-order valence-corrected chi connectivity index (χ1v) is 9.82. The summed E-state index contributed by atoms with van der Waals surface area (Å²) in [6.07, 6.45) is 1.96. The molecule has 2 heteroatoms. The van der Waals surface area contributed by atoms with E-state index in [1.165, 1.54) is 33.1 Å². The smallest absolute Gasteiger partial charge is 0.0702 e. The molecule has 0 aliphatic heterocycles. The van der Waals surface area contributed by atoms with Gasteiger partial charge in [0.2, 0.25) is 0 Å². The molecule has 0 unspecified atom stereocenters. The van der Waals surface area contributed by atoms with Gasteiger partial charge in [0.1, 0.15) is 0 Å². The summed E-state index contributed by atoms with van der Waals surface area (Å²) in [5, 5.41) is 3.73. The molecule has 6 aromatic rings. The summed E-state index contributed by atoms with van der Waals surface area (Å²) in [6, 6.07) is 36.4. The highest BCUT2D eigenvalue weighted by molar-refractivity contribution is 6.09. The summed E-state index contributed by atoms with van der Waals surface area (Å²) < 4.78 is 2.34. The van der Waals surface area contributed by atoms with Crippen LogP contribution in [0.5, 0.6) is 0 Å². The van der Waals surface area contributed by atoms with E-state index in [4.69, 9.17) is 0 Å². The quantitative estimate of drug-likeness (QED) is 0.321. The molecule has 0 N–H and O–H groups in total. The fourth-order valence-corrected chi connectivity index (χ4v) is 4.23. The van der Waals surface area contributed by atoms with Crippen molar-refractivity contribution < 1.29 is 0 Å². The Bertz CT molecular complexity index is 1440. The number of nitrogens with zero attached hydrogens (tertiary/aromatic N) is 2. The molecule has 6 rings (SSSR count). The standard InChI is InChI=1S/C27H18N2/c1-4-10-25-20(7-1)17-21(18-28-25)19-13-15-22(16-14-19)29-26-11-5-2-8-23(26)24-9-3-6-12-27(24)29/h1-18H. The van der Waals surface area contributed by atoms with E-state index < -0.39 is 0 Å². The summed E-state index contributed by atoms with van der Waals surface area (Å²) in [6.45, 7) is 0. The molecule has 0 aliphatic carbocycles. The molecule has 2 aromatic heterocycles. The normalized spacial score (nSPS) is 11.4. The minimum atomic E-state index is 1.03. The van der Waals surface area contributed by atoms with Gasteiger partial charge in [0.05, 0.1) is 16.6 Å². The van der Waals surface area contributed by atoms with Crippen LogP contribution in [0, 0.1) is 0 Å². The maximum Gasteiger partial charge on any atom is 0.0702 e. The van der Waals surface area contributed by atoms with Crippen molar-refractivity contribution in [3.8, 4) is 16.8 Å². The molecule has 136 valence electrons. The Kier molecular flexibility index (Phi) is 3.50. The van der Waals surface area contributed by atoms with E-state index in [2.05, 4.69) is 101 Å². The van der Waals surface area contributed by atoms with Crippen molar-refractivity contribution in [3.63, 3.8) is 0 Å². The number of benzene rings is 4. The van der Waals surface area contributed by atoms with Crippen molar-refractivity contribution in [1.82, 2.24) is 9.55 Å². The SMILES string of the molecule is c1ccc2ncc(-c3ccc(-n4c5ccccc5c5ccccc54)cc3)cc2c1. The molecule has 0 aliphatic rings. The van der Waals surface area contributed by atoms with Gasteiger partial charge in [0, 0.05) is 33.6 Å². The zero-order chi connectivity index (χ0) is 19.2. The van der Waals surface area contributed by atoms with E-state index in [-0.39, 0.29) is 0 Å². The van der Waals surface area contributed by atoms with Crippen LogP contribution in [0.3, 0.4) is 0 Å². The van der Waals surface area contributed by atoms with Crippen LogP contribution in [-0.2, 0) is 0 Å². The highest BCUT2D eigenvalue weighted by atomic mass is 15.0.